The molecule has 1 N–H and O–H groups in total. The van der Waals surface area contributed by atoms with E-state index in [1.807, 2.05) is 19.1 Å². The number of aromatic hydroxyl groups is 1. The van der Waals surface area contributed by atoms with E-state index in [0.717, 1.165) is 10.8 Å². The first-order valence-corrected chi connectivity index (χ1v) is 4.44. The van der Waals surface area contributed by atoms with Gasteiger partial charge in [-0.25, -0.2) is 0 Å². The summed E-state index contributed by atoms with van der Waals surface area (Å²) in [5.41, 5.74) is 1.04. The third-order valence-electron chi connectivity index (χ3n) is 1.40. The summed E-state index contributed by atoms with van der Waals surface area (Å²) in [5.74, 6) is 0.293. The van der Waals surface area contributed by atoms with Crippen molar-refractivity contribution < 1.29 is 9.22 Å². The highest BCUT2D eigenvalue weighted by molar-refractivity contribution is 6.52. The van der Waals surface area contributed by atoms with Crippen LogP contribution in [0.15, 0.2) is 18.2 Å². The Labute approximate surface area is 71.7 Å². The second-order valence-corrected chi connectivity index (χ2v) is 3.69. The second-order valence-electron chi connectivity index (χ2n) is 2.17. The normalized spacial score (nSPS) is 10.0. The van der Waals surface area contributed by atoms with Crippen molar-refractivity contribution in [1.29, 1.82) is 0 Å². The zero-order valence-corrected chi connectivity index (χ0v) is 8.09. The summed E-state index contributed by atoms with van der Waals surface area (Å²) >= 11 is 0. The minimum atomic E-state index is 0.148. The van der Waals surface area contributed by atoms with E-state index in [2.05, 4.69) is 10.5 Å². The predicted octanol–water partition coefficient (Wildman–Crippen LogP) is 0.0452. The number of phenols is 1. The van der Waals surface area contributed by atoms with Gasteiger partial charge in [-0.15, -0.1) is 0 Å². The van der Waals surface area contributed by atoms with Gasteiger partial charge in [-0.1, -0.05) is 12.1 Å². The Balaban J connectivity index is 3.00. The maximum absolute atomic E-state index is 9.33. The molecule has 0 unspecified atom stereocenters. The quantitative estimate of drug-likeness (QED) is 0.650. The minimum Gasteiger partial charge on any atom is -0.508 e. The lowest BCUT2D eigenvalue weighted by molar-refractivity contribution is 0.478. The average molecular weight is 179 g/mol. The van der Waals surface area contributed by atoms with Crippen molar-refractivity contribution in [2.75, 3.05) is 0 Å². The molecule has 0 atom stereocenters. The molecule has 11 heavy (non-hydrogen) atoms. The van der Waals surface area contributed by atoms with Gasteiger partial charge in [0.2, 0.25) is 10.5 Å². The van der Waals surface area contributed by atoms with Crippen molar-refractivity contribution in [2.24, 2.45) is 0 Å². The zero-order valence-electron chi connectivity index (χ0n) is 6.09. The smallest absolute Gasteiger partial charge is 0.260 e. The molecule has 55 valence electrons. The zero-order chi connectivity index (χ0) is 8.27. The first-order chi connectivity index (χ1) is 5.25. The largest absolute Gasteiger partial charge is 0.508 e. The van der Waals surface area contributed by atoms with Crippen LogP contribution in [0.2, 0.25) is 0 Å². The topological polar surface area (TPSA) is 29.5 Å². The molecule has 0 amide bonds. The minimum absolute atomic E-state index is 0.148. The first kappa shape index (κ1) is 8.51. The molecular weight excluding hydrogens is 172 g/mol. The Kier molecular flexibility index (Phi) is 2.87. The summed E-state index contributed by atoms with van der Waals surface area (Å²) in [5, 5.41) is 10.2. The molecule has 4 heteroatoms. The summed E-state index contributed by atoms with van der Waals surface area (Å²) in [7, 11) is 3.05. The van der Waals surface area contributed by atoms with E-state index in [0.29, 0.717) is 5.75 Å². The van der Waals surface area contributed by atoms with Crippen LogP contribution in [-0.2, 0) is 4.12 Å². The summed E-state index contributed by atoms with van der Waals surface area (Å²) < 4.78 is 4.76. The number of phenolic OH excluding ortho intramolecular Hbond substituents is 1. The molecule has 0 aliphatic heterocycles. The second kappa shape index (κ2) is 3.70. The van der Waals surface area contributed by atoms with Crippen LogP contribution in [0.25, 0.3) is 0 Å². The fourth-order valence-corrected chi connectivity index (χ4v) is 1.68. The molecule has 1 aromatic carbocycles. The molecule has 0 fully saturated rings. The molecule has 0 aliphatic carbocycles. The first-order valence-electron chi connectivity index (χ1n) is 3.13. The Morgan fingerprint density at radius 2 is 2.27 bits per heavy atom. The van der Waals surface area contributed by atoms with Gasteiger partial charge < -0.3 is 9.22 Å². The molecule has 0 spiro atoms. The van der Waals surface area contributed by atoms with Gasteiger partial charge in [0, 0.05) is 5.19 Å². The van der Waals surface area contributed by atoms with Crippen LogP contribution in [-0.4, -0.2) is 25.4 Å². The molecule has 1 rings (SSSR count). The van der Waals surface area contributed by atoms with Crippen molar-refractivity contribution >= 4 is 25.4 Å². The SMILES string of the molecule is Cc1cccc(O)c1[Si]O[Si]. The summed E-state index contributed by atoms with van der Waals surface area (Å²) in [6, 6.07) is 5.40. The molecule has 2 nitrogen and oxygen atoms in total. The fraction of sp³-hybridized carbons (Fsp3) is 0.143. The van der Waals surface area contributed by atoms with Gasteiger partial charge >= 0.3 is 0 Å². The van der Waals surface area contributed by atoms with Crippen molar-refractivity contribution in [1.82, 2.24) is 0 Å². The molecule has 0 saturated heterocycles. The molecule has 0 heterocycles. The monoisotopic (exact) mass is 179 g/mol. The van der Waals surface area contributed by atoms with Gasteiger partial charge in [0.25, 0.3) is 9.76 Å². The van der Waals surface area contributed by atoms with Crippen LogP contribution in [0.3, 0.4) is 0 Å². The van der Waals surface area contributed by atoms with Crippen LogP contribution >= 0.6 is 0 Å². The molecule has 0 aliphatic rings. The Bertz CT molecular complexity index is 230. The lowest BCUT2D eigenvalue weighted by Gasteiger charge is -2.04. The van der Waals surface area contributed by atoms with E-state index in [1.54, 1.807) is 6.07 Å². The van der Waals surface area contributed by atoms with Crippen LogP contribution in [0.5, 0.6) is 5.75 Å². The average Bonchev–Trinajstić information content (AvgIpc) is 1.97. The predicted molar refractivity (Wildman–Crippen MR) is 45.1 cm³/mol. The van der Waals surface area contributed by atoms with Gasteiger partial charge in [-0.2, -0.15) is 0 Å². The summed E-state index contributed by atoms with van der Waals surface area (Å²) in [4.78, 5) is 0. The van der Waals surface area contributed by atoms with E-state index >= 15 is 0 Å². The maximum atomic E-state index is 9.33. The number of hydrogen-bond donors (Lipinski definition) is 1. The molecule has 0 saturated carbocycles. The lowest BCUT2D eigenvalue weighted by Crippen LogP contribution is -2.19. The summed E-state index contributed by atoms with van der Waals surface area (Å²) in [6.07, 6.45) is 0. The van der Waals surface area contributed by atoms with Crippen LogP contribution < -0.4 is 5.19 Å². The summed E-state index contributed by atoms with van der Waals surface area (Å²) in [6.45, 7) is 1.94. The fourth-order valence-electron chi connectivity index (χ4n) is 0.836. The lowest BCUT2D eigenvalue weighted by atomic mass is 10.2. The highest BCUT2D eigenvalue weighted by Crippen LogP contribution is 2.06. The Morgan fingerprint density at radius 1 is 1.55 bits per heavy atom. The van der Waals surface area contributed by atoms with Crippen molar-refractivity contribution in [3.8, 4) is 5.75 Å². The van der Waals surface area contributed by atoms with Gasteiger partial charge in [0.05, 0.1) is 0 Å². The van der Waals surface area contributed by atoms with E-state index < -0.39 is 0 Å². The molecular formula is C7H7O2Si2. The highest BCUT2D eigenvalue weighted by atomic mass is 28.3. The number of aryl methyl sites for hydroxylation is 1. The van der Waals surface area contributed by atoms with Crippen LogP contribution in [0.4, 0.5) is 0 Å². The van der Waals surface area contributed by atoms with Gasteiger partial charge in [-0.05, 0) is 18.6 Å². The van der Waals surface area contributed by atoms with Gasteiger partial charge in [0.15, 0.2) is 0 Å². The van der Waals surface area contributed by atoms with Gasteiger partial charge in [-0.3, -0.25) is 0 Å². The number of benzene rings is 1. The molecule has 5 radical (unpaired) electrons. The third-order valence-corrected chi connectivity index (χ3v) is 2.67. The number of hydrogen-bond acceptors (Lipinski definition) is 2. The van der Waals surface area contributed by atoms with E-state index in [-0.39, 0.29) is 9.76 Å². The van der Waals surface area contributed by atoms with E-state index in [1.165, 1.54) is 0 Å². The van der Waals surface area contributed by atoms with Gasteiger partial charge in [0.1, 0.15) is 5.75 Å². The van der Waals surface area contributed by atoms with Crippen molar-refractivity contribution in [3.63, 3.8) is 0 Å². The maximum Gasteiger partial charge on any atom is 0.260 e. The van der Waals surface area contributed by atoms with E-state index in [9.17, 15) is 5.11 Å². The molecule has 0 bridgehead atoms. The van der Waals surface area contributed by atoms with Crippen LogP contribution in [0, 0.1) is 6.92 Å². The van der Waals surface area contributed by atoms with Crippen molar-refractivity contribution in [2.45, 2.75) is 6.92 Å². The van der Waals surface area contributed by atoms with Crippen molar-refractivity contribution in [3.05, 3.63) is 23.8 Å². The van der Waals surface area contributed by atoms with E-state index in [4.69, 9.17) is 4.12 Å². The van der Waals surface area contributed by atoms with Crippen LogP contribution in [0.1, 0.15) is 5.56 Å². The number of rotatable bonds is 2. The molecule has 1 aromatic rings. The standard InChI is InChI=1S/C7H7O2Si2/c1-5-3-2-4-6(8)7(5)11-9-10/h2-4,8H,1H3. The molecule has 0 aromatic heterocycles. The third kappa shape index (κ3) is 1.92. The highest BCUT2D eigenvalue weighted by Gasteiger charge is 2.04. The Morgan fingerprint density at radius 3 is 2.82 bits per heavy atom. The Hall–Kier alpha value is -0.586.